The number of nitrogens with zero attached hydrogens (tertiary/aromatic N) is 2. The highest BCUT2D eigenvalue weighted by Gasteiger charge is 2.20. The second-order valence-corrected chi connectivity index (χ2v) is 2.86. The van der Waals surface area contributed by atoms with Crippen LogP contribution in [-0.2, 0) is 0 Å². The summed E-state index contributed by atoms with van der Waals surface area (Å²) in [5, 5.41) is 3.20. The summed E-state index contributed by atoms with van der Waals surface area (Å²) in [5.41, 5.74) is 0. The molecule has 1 aliphatic rings. The van der Waals surface area contributed by atoms with E-state index in [1.165, 1.54) is 12.8 Å². The molecule has 1 radical (unpaired) electrons. The molecule has 1 aromatic rings. The van der Waals surface area contributed by atoms with Gasteiger partial charge in [-0.25, -0.2) is 4.98 Å². The molecule has 1 aliphatic carbocycles. The van der Waals surface area contributed by atoms with Gasteiger partial charge >= 0.3 is 0 Å². The highest BCUT2D eigenvalue weighted by atomic mass is 15.0. The monoisotopic (exact) mass is 148 g/mol. The number of hydrogen-bond acceptors (Lipinski definition) is 3. The number of rotatable bonds is 3. The predicted octanol–water partition coefficient (Wildman–Crippen LogP) is 1.10. The van der Waals surface area contributed by atoms with Gasteiger partial charge in [-0.2, -0.15) is 0 Å². The van der Waals surface area contributed by atoms with Gasteiger partial charge < -0.3 is 5.32 Å². The van der Waals surface area contributed by atoms with Gasteiger partial charge in [-0.3, -0.25) is 4.98 Å². The SMILES string of the molecule is [c]1cncc(NCC2CC2)n1. The molecular weight excluding hydrogens is 138 g/mol. The zero-order valence-electron chi connectivity index (χ0n) is 6.25. The highest BCUT2D eigenvalue weighted by molar-refractivity contribution is 5.29. The van der Waals surface area contributed by atoms with Crippen LogP contribution in [-0.4, -0.2) is 16.5 Å². The van der Waals surface area contributed by atoms with E-state index in [2.05, 4.69) is 21.5 Å². The van der Waals surface area contributed by atoms with Crippen LogP contribution in [0.15, 0.2) is 12.4 Å². The maximum absolute atomic E-state index is 3.98. The molecule has 0 saturated heterocycles. The Morgan fingerprint density at radius 1 is 1.64 bits per heavy atom. The highest BCUT2D eigenvalue weighted by Crippen LogP contribution is 2.28. The lowest BCUT2D eigenvalue weighted by atomic mass is 10.4. The van der Waals surface area contributed by atoms with E-state index >= 15 is 0 Å². The summed E-state index contributed by atoms with van der Waals surface area (Å²) in [5.74, 6) is 1.71. The minimum atomic E-state index is 0.833. The number of hydrogen-bond donors (Lipinski definition) is 1. The van der Waals surface area contributed by atoms with E-state index in [4.69, 9.17) is 0 Å². The summed E-state index contributed by atoms with van der Waals surface area (Å²) >= 11 is 0. The first kappa shape index (κ1) is 6.58. The van der Waals surface area contributed by atoms with Crippen molar-refractivity contribution >= 4 is 5.82 Å². The van der Waals surface area contributed by atoms with E-state index in [0.29, 0.717) is 0 Å². The topological polar surface area (TPSA) is 37.8 Å². The fraction of sp³-hybridized carbons (Fsp3) is 0.500. The number of aromatic nitrogens is 2. The maximum Gasteiger partial charge on any atom is 0.145 e. The number of nitrogens with one attached hydrogen (secondary N) is 1. The molecule has 0 unspecified atom stereocenters. The van der Waals surface area contributed by atoms with Crippen molar-refractivity contribution in [3.63, 3.8) is 0 Å². The van der Waals surface area contributed by atoms with Crippen molar-refractivity contribution in [2.75, 3.05) is 11.9 Å². The predicted molar refractivity (Wildman–Crippen MR) is 42.1 cm³/mol. The molecule has 1 heterocycles. The van der Waals surface area contributed by atoms with Crippen LogP contribution in [0.25, 0.3) is 0 Å². The van der Waals surface area contributed by atoms with E-state index in [1.54, 1.807) is 12.4 Å². The summed E-state index contributed by atoms with van der Waals surface area (Å²) in [4.78, 5) is 7.88. The second kappa shape index (κ2) is 2.86. The molecule has 0 spiro atoms. The molecular formula is C8H10N3. The Kier molecular flexibility index (Phi) is 1.71. The van der Waals surface area contributed by atoms with Gasteiger partial charge in [0.05, 0.1) is 12.4 Å². The molecule has 1 saturated carbocycles. The lowest BCUT2D eigenvalue weighted by Gasteiger charge is -2.00. The molecule has 0 amide bonds. The van der Waals surface area contributed by atoms with E-state index in [9.17, 15) is 0 Å². The average Bonchev–Trinajstić information content (AvgIpc) is 2.86. The van der Waals surface area contributed by atoms with Crippen LogP contribution in [0, 0.1) is 12.1 Å². The van der Waals surface area contributed by atoms with Crippen molar-refractivity contribution in [1.82, 2.24) is 9.97 Å². The fourth-order valence-corrected chi connectivity index (χ4v) is 0.925. The van der Waals surface area contributed by atoms with Crippen molar-refractivity contribution in [2.24, 2.45) is 5.92 Å². The van der Waals surface area contributed by atoms with Gasteiger partial charge in [-0.1, -0.05) is 0 Å². The Labute approximate surface area is 65.9 Å². The molecule has 3 nitrogen and oxygen atoms in total. The van der Waals surface area contributed by atoms with Crippen molar-refractivity contribution in [2.45, 2.75) is 12.8 Å². The summed E-state index contributed by atoms with van der Waals surface area (Å²) in [6.45, 7) is 1.03. The van der Waals surface area contributed by atoms with E-state index in [0.717, 1.165) is 18.3 Å². The molecule has 0 atom stereocenters. The van der Waals surface area contributed by atoms with Gasteiger partial charge in [0.15, 0.2) is 0 Å². The molecule has 2 rings (SSSR count). The zero-order valence-corrected chi connectivity index (χ0v) is 6.25. The molecule has 3 heteroatoms. The minimum absolute atomic E-state index is 0.833. The van der Waals surface area contributed by atoms with Gasteiger partial charge in [0, 0.05) is 6.54 Å². The summed E-state index contributed by atoms with van der Waals surface area (Å²) in [6.07, 6.45) is 8.68. The van der Waals surface area contributed by atoms with Gasteiger partial charge in [-0.05, 0) is 18.8 Å². The van der Waals surface area contributed by atoms with Crippen LogP contribution < -0.4 is 5.32 Å². The van der Waals surface area contributed by atoms with Crippen molar-refractivity contribution in [1.29, 1.82) is 0 Å². The summed E-state index contributed by atoms with van der Waals surface area (Å²) in [7, 11) is 0. The first-order valence-electron chi connectivity index (χ1n) is 3.87. The zero-order chi connectivity index (χ0) is 7.52. The van der Waals surface area contributed by atoms with Gasteiger partial charge in [0.1, 0.15) is 12.0 Å². The molecule has 0 bridgehead atoms. The lowest BCUT2D eigenvalue weighted by Crippen LogP contribution is -2.04. The summed E-state index contributed by atoms with van der Waals surface area (Å²) < 4.78 is 0. The third-order valence-electron chi connectivity index (χ3n) is 1.78. The second-order valence-electron chi connectivity index (χ2n) is 2.86. The fourth-order valence-electron chi connectivity index (χ4n) is 0.925. The van der Waals surface area contributed by atoms with Crippen molar-refractivity contribution in [3.8, 4) is 0 Å². The van der Waals surface area contributed by atoms with Gasteiger partial charge in [-0.15, -0.1) is 0 Å². The number of anilines is 1. The lowest BCUT2D eigenvalue weighted by molar-refractivity contribution is 0.880. The first-order valence-corrected chi connectivity index (χ1v) is 3.87. The molecule has 0 aromatic carbocycles. The summed E-state index contributed by atoms with van der Waals surface area (Å²) in [6, 6.07) is 0. The van der Waals surface area contributed by atoms with E-state index in [1.807, 2.05) is 0 Å². The minimum Gasteiger partial charge on any atom is -0.368 e. The average molecular weight is 148 g/mol. The van der Waals surface area contributed by atoms with Crippen LogP contribution in [0.4, 0.5) is 5.82 Å². The largest absolute Gasteiger partial charge is 0.368 e. The third kappa shape index (κ3) is 1.90. The van der Waals surface area contributed by atoms with Gasteiger partial charge in [0.2, 0.25) is 0 Å². The van der Waals surface area contributed by atoms with Crippen LogP contribution in [0.2, 0.25) is 0 Å². The van der Waals surface area contributed by atoms with Crippen LogP contribution in [0.1, 0.15) is 12.8 Å². The van der Waals surface area contributed by atoms with E-state index in [-0.39, 0.29) is 0 Å². The quantitative estimate of drug-likeness (QED) is 0.697. The Morgan fingerprint density at radius 2 is 2.55 bits per heavy atom. The Hall–Kier alpha value is -1.12. The standard InChI is InChI=1S/C8H10N3/c1-2-7(1)5-11-8-6-9-3-4-10-8/h3,6-7H,1-2,5H2,(H,10,11). The molecule has 0 aliphatic heterocycles. The van der Waals surface area contributed by atoms with Crippen molar-refractivity contribution < 1.29 is 0 Å². The van der Waals surface area contributed by atoms with Crippen LogP contribution >= 0.6 is 0 Å². The third-order valence-corrected chi connectivity index (χ3v) is 1.78. The van der Waals surface area contributed by atoms with Crippen molar-refractivity contribution in [3.05, 3.63) is 18.6 Å². The smallest absolute Gasteiger partial charge is 0.145 e. The molecule has 1 aromatic heterocycles. The van der Waals surface area contributed by atoms with Crippen LogP contribution in [0.3, 0.4) is 0 Å². The van der Waals surface area contributed by atoms with E-state index < -0.39 is 0 Å². The molecule has 1 fully saturated rings. The Balaban J connectivity index is 1.85. The molecule has 57 valence electrons. The maximum atomic E-state index is 3.98. The van der Waals surface area contributed by atoms with Crippen LogP contribution in [0.5, 0.6) is 0 Å². The van der Waals surface area contributed by atoms with Gasteiger partial charge in [0.25, 0.3) is 0 Å². The molecule has 1 N–H and O–H groups in total. The molecule has 11 heavy (non-hydrogen) atoms. The first-order chi connectivity index (χ1) is 5.45. The normalized spacial score (nSPS) is 16.4. The Morgan fingerprint density at radius 3 is 3.18 bits per heavy atom. The Bertz CT molecular complexity index is 218.